The van der Waals surface area contributed by atoms with Crippen LogP contribution in [-0.4, -0.2) is 25.7 Å². The standard InChI is InChI=1S/C14H15FN2O2S/c1-2-7-20(18,19)17-6-5-11-8-10-3-4-12(15)9-13(10)16-14(11)17/h3-4,8-9H,2,5-7H2,1H3. The molecule has 0 aliphatic carbocycles. The summed E-state index contributed by atoms with van der Waals surface area (Å²) in [6, 6.07) is 6.29. The van der Waals surface area contributed by atoms with Crippen LogP contribution in [0, 0.1) is 5.82 Å². The van der Waals surface area contributed by atoms with Crippen molar-refractivity contribution in [1.29, 1.82) is 0 Å². The highest BCUT2D eigenvalue weighted by Crippen LogP contribution is 2.31. The number of rotatable bonds is 3. The maximum Gasteiger partial charge on any atom is 0.236 e. The summed E-state index contributed by atoms with van der Waals surface area (Å²) in [5.41, 5.74) is 1.39. The molecule has 1 aliphatic heterocycles. The molecule has 3 rings (SSSR count). The third-order valence-electron chi connectivity index (χ3n) is 3.45. The molecule has 2 heterocycles. The van der Waals surface area contributed by atoms with Crippen LogP contribution in [0.15, 0.2) is 24.3 Å². The van der Waals surface area contributed by atoms with Crippen molar-refractivity contribution in [1.82, 2.24) is 4.98 Å². The fraction of sp³-hybridized carbons (Fsp3) is 0.357. The van der Waals surface area contributed by atoms with Gasteiger partial charge in [-0.25, -0.2) is 17.8 Å². The van der Waals surface area contributed by atoms with Crippen molar-refractivity contribution in [2.45, 2.75) is 19.8 Å². The fourth-order valence-electron chi connectivity index (χ4n) is 2.54. The summed E-state index contributed by atoms with van der Waals surface area (Å²) < 4.78 is 39.0. The smallest absolute Gasteiger partial charge is 0.236 e. The molecule has 0 amide bonds. The van der Waals surface area contributed by atoms with E-state index in [-0.39, 0.29) is 11.6 Å². The van der Waals surface area contributed by atoms with Crippen LogP contribution in [0.5, 0.6) is 0 Å². The number of benzene rings is 1. The van der Waals surface area contributed by atoms with Gasteiger partial charge in [-0.1, -0.05) is 6.92 Å². The molecule has 0 spiro atoms. The molecule has 0 atom stereocenters. The Balaban J connectivity index is 2.13. The summed E-state index contributed by atoms with van der Waals surface area (Å²) >= 11 is 0. The summed E-state index contributed by atoms with van der Waals surface area (Å²) in [6.45, 7) is 2.25. The zero-order chi connectivity index (χ0) is 14.3. The summed E-state index contributed by atoms with van der Waals surface area (Å²) in [4.78, 5) is 4.35. The number of fused-ring (bicyclic) bond motifs is 2. The van der Waals surface area contributed by atoms with Crippen molar-refractivity contribution in [3.05, 3.63) is 35.6 Å². The number of halogens is 1. The fourth-order valence-corrected chi connectivity index (χ4v) is 4.07. The maximum absolute atomic E-state index is 13.3. The minimum Gasteiger partial charge on any atom is -0.253 e. The summed E-state index contributed by atoms with van der Waals surface area (Å²) in [7, 11) is -3.33. The molecule has 0 saturated carbocycles. The number of hydrogen-bond acceptors (Lipinski definition) is 3. The molecule has 0 N–H and O–H groups in total. The van der Waals surface area contributed by atoms with E-state index in [0.717, 1.165) is 10.9 Å². The molecule has 1 aromatic heterocycles. The van der Waals surface area contributed by atoms with E-state index in [1.165, 1.54) is 16.4 Å². The molecule has 0 unspecified atom stereocenters. The second kappa shape index (κ2) is 4.70. The van der Waals surface area contributed by atoms with E-state index < -0.39 is 10.0 Å². The Morgan fingerprint density at radius 3 is 2.90 bits per heavy atom. The molecule has 20 heavy (non-hydrogen) atoms. The van der Waals surface area contributed by atoms with Crippen molar-refractivity contribution >= 4 is 26.7 Å². The Labute approximate surface area is 117 Å². The predicted molar refractivity (Wildman–Crippen MR) is 76.8 cm³/mol. The van der Waals surface area contributed by atoms with E-state index >= 15 is 0 Å². The molecular formula is C14H15FN2O2S. The van der Waals surface area contributed by atoms with Gasteiger partial charge in [0.1, 0.15) is 11.6 Å². The van der Waals surface area contributed by atoms with Crippen molar-refractivity contribution in [3.8, 4) is 0 Å². The van der Waals surface area contributed by atoms with Crippen molar-refractivity contribution in [2.75, 3.05) is 16.6 Å². The molecule has 4 nitrogen and oxygen atoms in total. The Morgan fingerprint density at radius 1 is 1.35 bits per heavy atom. The number of nitrogens with zero attached hydrogens (tertiary/aromatic N) is 2. The van der Waals surface area contributed by atoms with Gasteiger partial charge in [-0.15, -0.1) is 0 Å². The van der Waals surface area contributed by atoms with Crippen LogP contribution >= 0.6 is 0 Å². The highest BCUT2D eigenvalue weighted by atomic mass is 32.2. The minimum atomic E-state index is -3.33. The average Bonchev–Trinajstić information content (AvgIpc) is 2.79. The van der Waals surface area contributed by atoms with Gasteiger partial charge in [0.15, 0.2) is 0 Å². The van der Waals surface area contributed by atoms with Gasteiger partial charge in [0.25, 0.3) is 0 Å². The normalized spacial score (nSPS) is 14.8. The first-order valence-corrected chi connectivity index (χ1v) is 8.22. The van der Waals surface area contributed by atoms with Crippen LogP contribution in [-0.2, 0) is 16.4 Å². The monoisotopic (exact) mass is 294 g/mol. The molecule has 6 heteroatoms. The van der Waals surface area contributed by atoms with Gasteiger partial charge in [-0.2, -0.15) is 0 Å². The third kappa shape index (κ3) is 2.14. The van der Waals surface area contributed by atoms with E-state index in [4.69, 9.17) is 0 Å². The predicted octanol–water partition coefficient (Wildman–Crippen LogP) is 2.48. The first kappa shape index (κ1) is 13.3. The Kier molecular flexibility index (Phi) is 3.12. The van der Waals surface area contributed by atoms with Crippen LogP contribution < -0.4 is 4.31 Å². The van der Waals surface area contributed by atoms with Crippen molar-refractivity contribution in [2.24, 2.45) is 0 Å². The van der Waals surface area contributed by atoms with Crippen molar-refractivity contribution < 1.29 is 12.8 Å². The lowest BCUT2D eigenvalue weighted by Gasteiger charge is -2.18. The number of pyridine rings is 1. The van der Waals surface area contributed by atoms with E-state index in [1.54, 1.807) is 6.07 Å². The first-order chi connectivity index (χ1) is 9.51. The zero-order valence-corrected chi connectivity index (χ0v) is 12.0. The number of anilines is 1. The first-order valence-electron chi connectivity index (χ1n) is 6.61. The van der Waals surface area contributed by atoms with Gasteiger partial charge in [0.05, 0.1) is 11.3 Å². The lowest BCUT2D eigenvalue weighted by molar-refractivity contribution is 0.590. The molecule has 0 fully saturated rings. The van der Waals surface area contributed by atoms with E-state index in [2.05, 4.69) is 4.98 Å². The van der Waals surface area contributed by atoms with Gasteiger partial charge in [0.2, 0.25) is 10.0 Å². The number of sulfonamides is 1. The largest absolute Gasteiger partial charge is 0.253 e. The minimum absolute atomic E-state index is 0.106. The quantitative estimate of drug-likeness (QED) is 0.874. The van der Waals surface area contributed by atoms with Gasteiger partial charge in [-0.3, -0.25) is 4.31 Å². The summed E-state index contributed by atoms with van der Waals surface area (Å²) in [5.74, 6) is 0.192. The van der Waals surface area contributed by atoms with Crippen LogP contribution in [0.3, 0.4) is 0 Å². The Morgan fingerprint density at radius 2 is 2.15 bits per heavy atom. The molecule has 0 bridgehead atoms. The molecule has 1 aliphatic rings. The van der Waals surface area contributed by atoms with E-state index in [0.29, 0.717) is 30.7 Å². The summed E-state index contributed by atoms with van der Waals surface area (Å²) in [6.07, 6.45) is 1.22. The van der Waals surface area contributed by atoms with E-state index in [1.807, 2.05) is 13.0 Å². The highest BCUT2D eigenvalue weighted by Gasteiger charge is 2.30. The lowest BCUT2D eigenvalue weighted by Crippen LogP contribution is -2.31. The van der Waals surface area contributed by atoms with Gasteiger partial charge >= 0.3 is 0 Å². The van der Waals surface area contributed by atoms with Crippen LogP contribution in [0.4, 0.5) is 10.2 Å². The molecular weight excluding hydrogens is 279 g/mol. The van der Waals surface area contributed by atoms with Crippen LogP contribution in [0.2, 0.25) is 0 Å². The van der Waals surface area contributed by atoms with Crippen LogP contribution in [0.1, 0.15) is 18.9 Å². The van der Waals surface area contributed by atoms with Gasteiger partial charge in [-0.05, 0) is 36.6 Å². The second-order valence-corrected chi connectivity index (χ2v) is 6.96. The second-order valence-electron chi connectivity index (χ2n) is 4.95. The van der Waals surface area contributed by atoms with Crippen LogP contribution in [0.25, 0.3) is 10.9 Å². The zero-order valence-electron chi connectivity index (χ0n) is 11.1. The Hall–Kier alpha value is -1.69. The number of aromatic nitrogens is 1. The van der Waals surface area contributed by atoms with Gasteiger partial charge in [0, 0.05) is 18.0 Å². The topological polar surface area (TPSA) is 50.3 Å². The van der Waals surface area contributed by atoms with Gasteiger partial charge < -0.3 is 0 Å². The number of hydrogen-bond donors (Lipinski definition) is 0. The van der Waals surface area contributed by atoms with E-state index in [9.17, 15) is 12.8 Å². The SMILES string of the molecule is CCCS(=O)(=O)N1CCc2cc3ccc(F)cc3nc21. The highest BCUT2D eigenvalue weighted by molar-refractivity contribution is 7.92. The molecule has 0 saturated heterocycles. The average molecular weight is 294 g/mol. The lowest BCUT2D eigenvalue weighted by atomic mass is 10.1. The molecule has 0 radical (unpaired) electrons. The molecule has 2 aromatic rings. The third-order valence-corrected chi connectivity index (χ3v) is 5.41. The Bertz CT molecular complexity index is 774. The van der Waals surface area contributed by atoms with Crippen molar-refractivity contribution in [3.63, 3.8) is 0 Å². The molecule has 1 aromatic carbocycles. The summed E-state index contributed by atoms with van der Waals surface area (Å²) in [5, 5.41) is 0.833. The molecule has 106 valence electrons. The maximum atomic E-state index is 13.3.